The minimum absolute atomic E-state index is 0.378. The first-order chi connectivity index (χ1) is 7.32. The molecule has 0 aliphatic heterocycles. The van der Waals surface area contributed by atoms with Crippen molar-refractivity contribution >= 4 is 0 Å². The van der Waals surface area contributed by atoms with Crippen molar-refractivity contribution in [1.29, 1.82) is 0 Å². The highest BCUT2D eigenvalue weighted by atomic mass is 19.4. The largest absolute Gasteiger partial charge is 0.405 e. The van der Waals surface area contributed by atoms with E-state index < -0.39 is 12.2 Å². The average molecular weight is 241 g/mol. The predicted octanol–water partition coefficient (Wildman–Crippen LogP) is 1.15. The van der Waals surface area contributed by atoms with Gasteiger partial charge in [0.1, 0.15) is 6.04 Å². The van der Waals surface area contributed by atoms with Gasteiger partial charge in [-0.3, -0.25) is 4.90 Å². The van der Waals surface area contributed by atoms with Crippen LogP contribution in [0.3, 0.4) is 0 Å². The van der Waals surface area contributed by atoms with Crippen LogP contribution in [0.5, 0.6) is 0 Å². The second-order valence-corrected chi connectivity index (χ2v) is 4.13. The number of halogens is 3. The maximum absolute atomic E-state index is 12.7. The van der Waals surface area contributed by atoms with Gasteiger partial charge in [0.15, 0.2) is 0 Å². The van der Waals surface area contributed by atoms with Crippen LogP contribution in [0.4, 0.5) is 13.2 Å². The maximum Gasteiger partial charge on any atom is 0.405 e. The molecule has 6 heteroatoms. The summed E-state index contributed by atoms with van der Waals surface area (Å²) in [5, 5.41) is 0. The SMILES string of the molecule is CCCN(CCN(C)C)C(CN)C(F)(F)F. The van der Waals surface area contributed by atoms with Gasteiger partial charge >= 0.3 is 6.18 Å². The Morgan fingerprint density at radius 1 is 1.12 bits per heavy atom. The van der Waals surface area contributed by atoms with Crippen molar-refractivity contribution in [2.45, 2.75) is 25.6 Å². The fourth-order valence-corrected chi connectivity index (χ4v) is 1.53. The molecule has 0 aromatic carbocycles. The standard InChI is InChI=1S/C10H22F3N3/c1-4-5-16(7-6-15(2)3)9(8-14)10(11,12)13/h9H,4-8,14H2,1-3H3. The fraction of sp³-hybridized carbons (Fsp3) is 1.00. The van der Waals surface area contributed by atoms with E-state index in [4.69, 9.17) is 5.73 Å². The van der Waals surface area contributed by atoms with Gasteiger partial charge in [-0.25, -0.2) is 0 Å². The number of nitrogens with zero attached hydrogens (tertiary/aromatic N) is 2. The van der Waals surface area contributed by atoms with Crippen molar-refractivity contribution in [1.82, 2.24) is 9.80 Å². The first-order valence-electron chi connectivity index (χ1n) is 5.48. The zero-order valence-corrected chi connectivity index (χ0v) is 10.2. The van der Waals surface area contributed by atoms with Gasteiger partial charge in [-0.2, -0.15) is 13.2 Å². The van der Waals surface area contributed by atoms with Gasteiger partial charge in [0.05, 0.1) is 0 Å². The van der Waals surface area contributed by atoms with Crippen LogP contribution < -0.4 is 5.73 Å². The highest BCUT2D eigenvalue weighted by molar-refractivity contribution is 4.80. The molecule has 0 aromatic heterocycles. The minimum Gasteiger partial charge on any atom is -0.329 e. The second-order valence-electron chi connectivity index (χ2n) is 4.13. The molecule has 2 N–H and O–H groups in total. The summed E-state index contributed by atoms with van der Waals surface area (Å²) in [6.07, 6.45) is -3.55. The number of hydrogen-bond acceptors (Lipinski definition) is 3. The molecule has 0 fully saturated rings. The number of hydrogen-bond donors (Lipinski definition) is 1. The lowest BCUT2D eigenvalue weighted by Crippen LogP contribution is -2.52. The summed E-state index contributed by atoms with van der Waals surface area (Å²) < 4.78 is 38.0. The summed E-state index contributed by atoms with van der Waals surface area (Å²) in [5.41, 5.74) is 5.22. The molecule has 1 atom stereocenters. The summed E-state index contributed by atoms with van der Waals surface area (Å²) in [6.45, 7) is 2.91. The Bertz CT molecular complexity index is 183. The van der Waals surface area contributed by atoms with E-state index in [1.807, 2.05) is 25.9 Å². The summed E-state index contributed by atoms with van der Waals surface area (Å²) in [6, 6.07) is -1.52. The van der Waals surface area contributed by atoms with Crippen molar-refractivity contribution in [2.75, 3.05) is 40.3 Å². The lowest BCUT2D eigenvalue weighted by molar-refractivity contribution is -0.181. The van der Waals surface area contributed by atoms with Crippen LogP contribution >= 0.6 is 0 Å². The van der Waals surface area contributed by atoms with Crippen LogP contribution in [0.15, 0.2) is 0 Å². The molecule has 98 valence electrons. The third-order valence-electron chi connectivity index (χ3n) is 2.39. The Labute approximate surface area is 95.4 Å². The molecule has 0 radical (unpaired) electrons. The van der Waals surface area contributed by atoms with Gasteiger partial charge < -0.3 is 10.6 Å². The van der Waals surface area contributed by atoms with Gasteiger partial charge in [-0.1, -0.05) is 6.92 Å². The number of nitrogens with two attached hydrogens (primary N) is 1. The van der Waals surface area contributed by atoms with Gasteiger partial charge in [0.25, 0.3) is 0 Å². The van der Waals surface area contributed by atoms with Crippen LogP contribution in [0, 0.1) is 0 Å². The van der Waals surface area contributed by atoms with E-state index in [0.717, 1.165) is 0 Å². The van der Waals surface area contributed by atoms with Crippen molar-refractivity contribution in [2.24, 2.45) is 5.73 Å². The Balaban J connectivity index is 4.46. The third kappa shape index (κ3) is 5.67. The number of alkyl halides is 3. The van der Waals surface area contributed by atoms with Gasteiger partial charge in [0.2, 0.25) is 0 Å². The maximum atomic E-state index is 12.7. The number of likely N-dealkylation sites (N-methyl/N-ethyl adjacent to an activating group) is 1. The smallest absolute Gasteiger partial charge is 0.329 e. The van der Waals surface area contributed by atoms with E-state index in [9.17, 15) is 13.2 Å². The van der Waals surface area contributed by atoms with Crippen molar-refractivity contribution < 1.29 is 13.2 Å². The van der Waals surface area contributed by atoms with Gasteiger partial charge in [-0.15, -0.1) is 0 Å². The Hall–Kier alpha value is -0.330. The normalized spacial score (nSPS) is 14.8. The summed E-state index contributed by atoms with van der Waals surface area (Å²) in [5.74, 6) is 0. The summed E-state index contributed by atoms with van der Waals surface area (Å²) in [4.78, 5) is 3.28. The Morgan fingerprint density at radius 3 is 2.00 bits per heavy atom. The second kappa shape index (κ2) is 7.09. The predicted molar refractivity (Wildman–Crippen MR) is 59.3 cm³/mol. The van der Waals surface area contributed by atoms with Crippen LogP contribution in [-0.4, -0.2) is 62.3 Å². The van der Waals surface area contributed by atoms with E-state index in [-0.39, 0.29) is 6.54 Å². The van der Waals surface area contributed by atoms with Crippen LogP contribution in [0.1, 0.15) is 13.3 Å². The molecule has 3 nitrogen and oxygen atoms in total. The number of rotatable bonds is 7. The molecule has 0 heterocycles. The summed E-state index contributed by atoms with van der Waals surface area (Å²) in [7, 11) is 3.68. The van der Waals surface area contributed by atoms with E-state index in [0.29, 0.717) is 26.1 Å². The van der Waals surface area contributed by atoms with Crippen LogP contribution in [0.25, 0.3) is 0 Å². The van der Waals surface area contributed by atoms with Gasteiger partial charge in [-0.05, 0) is 27.1 Å². The fourth-order valence-electron chi connectivity index (χ4n) is 1.53. The first kappa shape index (κ1) is 15.7. The Morgan fingerprint density at radius 2 is 1.69 bits per heavy atom. The van der Waals surface area contributed by atoms with Gasteiger partial charge in [0, 0.05) is 19.6 Å². The van der Waals surface area contributed by atoms with Crippen molar-refractivity contribution in [3.8, 4) is 0 Å². The molecule has 0 spiro atoms. The molecule has 1 unspecified atom stereocenters. The molecule has 0 saturated heterocycles. The topological polar surface area (TPSA) is 32.5 Å². The lowest BCUT2D eigenvalue weighted by Gasteiger charge is -2.32. The zero-order chi connectivity index (χ0) is 12.8. The average Bonchev–Trinajstić information content (AvgIpc) is 2.12. The highest BCUT2D eigenvalue weighted by Gasteiger charge is 2.42. The Kier molecular flexibility index (Phi) is 6.94. The molecule has 16 heavy (non-hydrogen) atoms. The molecule has 0 aliphatic rings. The van der Waals surface area contributed by atoms with E-state index in [1.165, 1.54) is 4.90 Å². The lowest BCUT2D eigenvalue weighted by atomic mass is 10.2. The van der Waals surface area contributed by atoms with Crippen molar-refractivity contribution in [3.05, 3.63) is 0 Å². The van der Waals surface area contributed by atoms with Crippen molar-refractivity contribution in [3.63, 3.8) is 0 Å². The minimum atomic E-state index is -4.24. The molecule has 0 saturated carbocycles. The molecule has 0 amide bonds. The quantitative estimate of drug-likeness (QED) is 0.725. The monoisotopic (exact) mass is 241 g/mol. The molecular weight excluding hydrogens is 219 g/mol. The van der Waals surface area contributed by atoms with E-state index >= 15 is 0 Å². The molecule has 0 bridgehead atoms. The molecular formula is C10H22F3N3. The van der Waals surface area contributed by atoms with E-state index in [1.54, 1.807) is 0 Å². The zero-order valence-electron chi connectivity index (χ0n) is 10.2. The molecule has 0 aromatic rings. The van der Waals surface area contributed by atoms with Crippen LogP contribution in [-0.2, 0) is 0 Å². The van der Waals surface area contributed by atoms with Crippen LogP contribution in [0.2, 0.25) is 0 Å². The molecule has 0 rings (SSSR count). The van der Waals surface area contributed by atoms with E-state index in [2.05, 4.69) is 0 Å². The first-order valence-corrected chi connectivity index (χ1v) is 5.48. The molecule has 0 aliphatic carbocycles. The summed E-state index contributed by atoms with van der Waals surface area (Å²) >= 11 is 0. The third-order valence-corrected chi connectivity index (χ3v) is 2.39. The highest BCUT2D eigenvalue weighted by Crippen LogP contribution is 2.24.